The Balaban J connectivity index is 2.15. The molecular formula is C11H12O4. The molecule has 4 heteroatoms. The average Bonchev–Trinajstić information content (AvgIpc) is 2.82. The van der Waals surface area contributed by atoms with Crippen molar-refractivity contribution in [2.75, 3.05) is 13.9 Å². The molecule has 1 aliphatic carbocycles. The number of ether oxygens (including phenoxy) is 3. The number of rotatable bonds is 2. The van der Waals surface area contributed by atoms with E-state index in [2.05, 4.69) is 0 Å². The molecule has 1 aliphatic heterocycles. The summed E-state index contributed by atoms with van der Waals surface area (Å²) in [4.78, 5) is 0. The first-order valence-corrected chi connectivity index (χ1v) is 4.93. The molecule has 0 unspecified atom stereocenters. The predicted octanol–water partition coefficient (Wildman–Crippen LogP) is 1.41. The predicted molar refractivity (Wildman–Crippen MR) is 52.2 cm³/mol. The summed E-state index contributed by atoms with van der Waals surface area (Å²) in [5.41, 5.74) is 0.0566. The van der Waals surface area contributed by atoms with Crippen molar-refractivity contribution >= 4 is 0 Å². The van der Waals surface area contributed by atoms with Gasteiger partial charge in [-0.05, 0) is 18.9 Å². The maximum absolute atomic E-state index is 10.1. The van der Waals surface area contributed by atoms with Gasteiger partial charge in [-0.1, -0.05) is 0 Å². The normalized spacial score (nSPS) is 20.1. The van der Waals surface area contributed by atoms with Crippen LogP contribution in [0.5, 0.6) is 17.2 Å². The van der Waals surface area contributed by atoms with Crippen LogP contribution < -0.4 is 14.2 Å². The van der Waals surface area contributed by atoms with Crippen molar-refractivity contribution in [1.82, 2.24) is 0 Å². The zero-order valence-electron chi connectivity index (χ0n) is 8.45. The van der Waals surface area contributed by atoms with Crippen molar-refractivity contribution in [3.63, 3.8) is 0 Å². The van der Waals surface area contributed by atoms with Gasteiger partial charge in [0.05, 0.1) is 12.7 Å². The highest BCUT2D eigenvalue weighted by Gasteiger charge is 2.46. The summed E-state index contributed by atoms with van der Waals surface area (Å²) in [6.07, 6.45) is 1.55. The molecule has 0 aromatic heterocycles. The van der Waals surface area contributed by atoms with Gasteiger partial charge >= 0.3 is 0 Å². The maximum atomic E-state index is 10.1. The number of fused-ring (bicyclic) bond motifs is 1. The second kappa shape index (κ2) is 2.79. The van der Waals surface area contributed by atoms with E-state index < -0.39 is 5.60 Å². The Kier molecular flexibility index (Phi) is 1.65. The molecule has 0 spiro atoms. The Bertz CT molecular complexity index is 409. The van der Waals surface area contributed by atoms with Crippen LogP contribution in [-0.4, -0.2) is 19.0 Å². The summed E-state index contributed by atoms with van der Waals surface area (Å²) in [5.74, 6) is 2.01. The quantitative estimate of drug-likeness (QED) is 0.798. The number of methoxy groups -OCH3 is 1. The highest BCUT2D eigenvalue weighted by Crippen LogP contribution is 2.53. The first-order valence-electron chi connectivity index (χ1n) is 4.93. The summed E-state index contributed by atoms with van der Waals surface area (Å²) in [5, 5.41) is 10.1. The summed E-state index contributed by atoms with van der Waals surface area (Å²) < 4.78 is 15.8. The fourth-order valence-corrected chi connectivity index (χ4v) is 1.84. The van der Waals surface area contributed by atoms with Crippen molar-refractivity contribution in [3.05, 3.63) is 17.7 Å². The third-order valence-electron chi connectivity index (χ3n) is 2.91. The Morgan fingerprint density at radius 2 is 2.13 bits per heavy atom. The average molecular weight is 208 g/mol. The van der Waals surface area contributed by atoms with Crippen LogP contribution in [0.1, 0.15) is 18.4 Å². The lowest BCUT2D eigenvalue weighted by Crippen LogP contribution is -2.06. The van der Waals surface area contributed by atoms with Crippen LogP contribution in [0.2, 0.25) is 0 Å². The molecule has 0 saturated heterocycles. The highest BCUT2D eigenvalue weighted by atomic mass is 16.7. The monoisotopic (exact) mass is 208 g/mol. The minimum absolute atomic E-state index is 0.214. The van der Waals surface area contributed by atoms with Crippen LogP contribution in [0.15, 0.2) is 12.1 Å². The molecule has 1 aromatic carbocycles. The van der Waals surface area contributed by atoms with Gasteiger partial charge < -0.3 is 19.3 Å². The van der Waals surface area contributed by atoms with Gasteiger partial charge in [0, 0.05) is 11.6 Å². The summed E-state index contributed by atoms with van der Waals surface area (Å²) >= 11 is 0. The topological polar surface area (TPSA) is 47.9 Å². The first-order chi connectivity index (χ1) is 7.23. The van der Waals surface area contributed by atoms with Crippen molar-refractivity contribution in [2.45, 2.75) is 18.4 Å². The molecule has 15 heavy (non-hydrogen) atoms. The molecule has 0 atom stereocenters. The van der Waals surface area contributed by atoms with E-state index in [1.165, 1.54) is 0 Å². The molecule has 0 bridgehead atoms. The van der Waals surface area contributed by atoms with Gasteiger partial charge in [-0.2, -0.15) is 0 Å². The number of aliphatic hydroxyl groups is 1. The summed E-state index contributed by atoms with van der Waals surface area (Å²) in [7, 11) is 1.60. The van der Waals surface area contributed by atoms with Crippen LogP contribution in [0.3, 0.4) is 0 Å². The molecule has 4 nitrogen and oxygen atoms in total. The van der Waals surface area contributed by atoms with Gasteiger partial charge in [0.1, 0.15) is 5.75 Å². The zero-order valence-corrected chi connectivity index (χ0v) is 8.45. The molecule has 1 heterocycles. The van der Waals surface area contributed by atoms with Crippen molar-refractivity contribution < 1.29 is 19.3 Å². The van der Waals surface area contributed by atoms with E-state index in [9.17, 15) is 5.11 Å². The molecule has 80 valence electrons. The van der Waals surface area contributed by atoms with E-state index in [1.807, 2.05) is 6.07 Å². The summed E-state index contributed by atoms with van der Waals surface area (Å²) in [6.45, 7) is 0.214. The van der Waals surface area contributed by atoms with Gasteiger partial charge in [0.2, 0.25) is 6.79 Å². The number of benzene rings is 1. The number of hydrogen-bond acceptors (Lipinski definition) is 4. The lowest BCUT2D eigenvalue weighted by atomic mass is 10.1. The van der Waals surface area contributed by atoms with Gasteiger partial charge in [-0.15, -0.1) is 0 Å². The molecule has 2 aliphatic rings. The lowest BCUT2D eigenvalue weighted by molar-refractivity contribution is 0.140. The van der Waals surface area contributed by atoms with Crippen molar-refractivity contribution in [3.8, 4) is 17.2 Å². The van der Waals surface area contributed by atoms with E-state index in [-0.39, 0.29) is 6.79 Å². The van der Waals surface area contributed by atoms with Crippen molar-refractivity contribution in [2.24, 2.45) is 0 Å². The highest BCUT2D eigenvalue weighted by molar-refractivity contribution is 5.56. The van der Waals surface area contributed by atoms with E-state index in [4.69, 9.17) is 14.2 Å². The third kappa shape index (κ3) is 1.25. The molecule has 1 saturated carbocycles. The second-order valence-corrected chi connectivity index (χ2v) is 3.94. The smallest absolute Gasteiger partial charge is 0.231 e. The fourth-order valence-electron chi connectivity index (χ4n) is 1.84. The van der Waals surface area contributed by atoms with E-state index in [1.54, 1.807) is 13.2 Å². The van der Waals surface area contributed by atoms with E-state index in [0.29, 0.717) is 17.2 Å². The second-order valence-electron chi connectivity index (χ2n) is 3.94. The maximum Gasteiger partial charge on any atom is 0.231 e. The summed E-state index contributed by atoms with van der Waals surface area (Å²) in [6, 6.07) is 3.60. The lowest BCUT2D eigenvalue weighted by Gasteiger charge is -2.12. The minimum atomic E-state index is -0.730. The standard InChI is InChI=1S/C11H12O4/c1-13-7-4-8(11(12)2-3-11)10-9(5-7)14-6-15-10/h4-5,12H,2-3,6H2,1H3. The third-order valence-corrected chi connectivity index (χ3v) is 2.91. The fraction of sp³-hybridized carbons (Fsp3) is 0.455. The van der Waals surface area contributed by atoms with Gasteiger partial charge in [-0.25, -0.2) is 0 Å². The molecule has 1 fully saturated rings. The van der Waals surface area contributed by atoms with Gasteiger partial charge in [0.25, 0.3) is 0 Å². The molecule has 1 aromatic rings. The van der Waals surface area contributed by atoms with Crippen molar-refractivity contribution in [1.29, 1.82) is 0 Å². The van der Waals surface area contributed by atoms with Crippen LogP contribution in [-0.2, 0) is 5.60 Å². The van der Waals surface area contributed by atoms with Gasteiger partial charge in [-0.3, -0.25) is 0 Å². The minimum Gasteiger partial charge on any atom is -0.497 e. The Morgan fingerprint density at radius 3 is 2.80 bits per heavy atom. The molecular weight excluding hydrogens is 196 g/mol. The molecule has 0 radical (unpaired) electrons. The van der Waals surface area contributed by atoms with Crippen LogP contribution >= 0.6 is 0 Å². The Labute approximate surface area is 87.4 Å². The Hall–Kier alpha value is -1.42. The Morgan fingerprint density at radius 1 is 1.33 bits per heavy atom. The zero-order chi connectivity index (χ0) is 10.5. The molecule has 0 amide bonds. The van der Waals surface area contributed by atoms with E-state index in [0.717, 1.165) is 18.4 Å². The number of hydrogen-bond donors (Lipinski definition) is 1. The van der Waals surface area contributed by atoms with Crippen LogP contribution in [0.25, 0.3) is 0 Å². The van der Waals surface area contributed by atoms with Crippen LogP contribution in [0, 0.1) is 0 Å². The largest absolute Gasteiger partial charge is 0.497 e. The SMILES string of the molecule is COc1cc2c(c(C3(O)CC3)c1)OCO2. The van der Waals surface area contributed by atoms with E-state index >= 15 is 0 Å². The van der Waals surface area contributed by atoms with Gasteiger partial charge in [0.15, 0.2) is 11.5 Å². The van der Waals surface area contributed by atoms with Crippen LogP contribution in [0.4, 0.5) is 0 Å². The first kappa shape index (κ1) is 8.85. The molecule has 1 N–H and O–H groups in total. The molecule has 3 rings (SSSR count).